The van der Waals surface area contributed by atoms with Crippen molar-refractivity contribution in [2.45, 2.75) is 12.8 Å². The van der Waals surface area contributed by atoms with Crippen LogP contribution in [0, 0.1) is 0 Å². The number of nitrogens with zero attached hydrogens (tertiary/aromatic N) is 3. The van der Waals surface area contributed by atoms with E-state index >= 15 is 0 Å². The van der Waals surface area contributed by atoms with E-state index in [9.17, 15) is 4.79 Å². The summed E-state index contributed by atoms with van der Waals surface area (Å²) < 4.78 is 10.9. The van der Waals surface area contributed by atoms with Crippen LogP contribution in [0.1, 0.15) is 33.4 Å². The molecule has 3 heterocycles. The first-order valence-corrected chi connectivity index (χ1v) is 9.01. The number of aromatic nitrogens is 3. The number of carbonyl (C=O) groups is 1. The molecule has 0 unspecified atom stereocenters. The second kappa shape index (κ2) is 8.35. The van der Waals surface area contributed by atoms with E-state index in [0.29, 0.717) is 30.1 Å². The lowest BCUT2D eigenvalue weighted by Gasteiger charge is -2.09. The van der Waals surface area contributed by atoms with Gasteiger partial charge in [0.25, 0.3) is 5.91 Å². The number of benzene rings is 1. The van der Waals surface area contributed by atoms with Crippen LogP contribution in [0.5, 0.6) is 0 Å². The summed E-state index contributed by atoms with van der Waals surface area (Å²) in [5.41, 5.74) is 7.23. The summed E-state index contributed by atoms with van der Waals surface area (Å²) in [5.74, 6) is 0.671. The topological polar surface area (TPSA) is 108 Å². The molecule has 2 bridgehead atoms. The molecule has 7 heteroatoms. The molecule has 144 valence electrons. The number of primary amides is 1. The van der Waals surface area contributed by atoms with E-state index in [0.717, 1.165) is 16.5 Å². The molecule has 0 saturated carbocycles. The van der Waals surface area contributed by atoms with Gasteiger partial charge in [0.15, 0.2) is 6.39 Å². The maximum atomic E-state index is 11.7. The van der Waals surface area contributed by atoms with Crippen LogP contribution in [-0.2, 0) is 12.8 Å². The van der Waals surface area contributed by atoms with E-state index in [2.05, 4.69) is 15.0 Å². The zero-order chi connectivity index (χ0) is 20.1. The van der Waals surface area contributed by atoms with Crippen molar-refractivity contribution >= 4 is 16.7 Å². The summed E-state index contributed by atoms with van der Waals surface area (Å²) in [7, 11) is 0. The fourth-order valence-corrected chi connectivity index (χ4v) is 2.83. The molecule has 0 fully saturated rings. The van der Waals surface area contributed by atoms with Crippen molar-refractivity contribution in [3.63, 3.8) is 0 Å². The number of fused-ring (bicyclic) bond motifs is 11. The third kappa shape index (κ3) is 4.47. The van der Waals surface area contributed by atoms with Gasteiger partial charge in [0, 0.05) is 29.8 Å². The van der Waals surface area contributed by atoms with Gasteiger partial charge in [-0.25, -0.2) is 15.0 Å². The van der Waals surface area contributed by atoms with Gasteiger partial charge >= 0.3 is 0 Å². The second-order valence-electron chi connectivity index (χ2n) is 6.31. The highest BCUT2D eigenvalue weighted by atomic mass is 16.4. The van der Waals surface area contributed by atoms with Crippen LogP contribution in [0.2, 0.25) is 0 Å². The van der Waals surface area contributed by atoms with Crippen LogP contribution in [0.3, 0.4) is 0 Å². The molecule has 0 saturated heterocycles. The van der Waals surface area contributed by atoms with Gasteiger partial charge in [0.05, 0.1) is 18.4 Å². The molecule has 29 heavy (non-hydrogen) atoms. The van der Waals surface area contributed by atoms with E-state index in [-0.39, 0.29) is 5.69 Å². The average Bonchev–Trinajstić information content (AvgIpc) is 3.43. The predicted octanol–water partition coefficient (Wildman–Crippen LogP) is 3.62. The van der Waals surface area contributed by atoms with Gasteiger partial charge in [-0.2, -0.15) is 0 Å². The number of amides is 1. The molecule has 3 aliphatic rings. The summed E-state index contributed by atoms with van der Waals surface area (Å²) in [6.45, 7) is 0. The largest absolute Gasteiger partial charge is 0.453 e. The molecular weight excluding hydrogens is 368 g/mol. The third-order valence-corrected chi connectivity index (χ3v) is 4.29. The van der Waals surface area contributed by atoms with Gasteiger partial charge < -0.3 is 14.6 Å². The highest BCUT2D eigenvalue weighted by Crippen LogP contribution is 2.30. The quantitative estimate of drug-likeness (QED) is 0.535. The highest BCUT2D eigenvalue weighted by molar-refractivity contribution is 5.93. The SMILES string of the molecule is NC(=O)c1nccncocccccc2ccccc2c2nc(oc3c1C3)C2. The van der Waals surface area contributed by atoms with Gasteiger partial charge in [-0.3, -0.25) is 4.79 Å². The fraction of sp³-hybridized carbons (Fsp3) is 0.0909. The van der Waals surface area contributed by atoms with E-state index in [4.69, 9.17) is 14.6 Å². The first-order valence-electron chi connectivity index (χ1n) is 9.01. The van der Waals surface area contributed by atoms with Gasteiger partial charge in [0.2, 0.25) is 5.89 Å². The first-order chi connectivity index (χ1) is 14.2. The minimum atomic E-state index is -0.618. The molecule has 7 nitrogen and oxygen atoms in total. The van der Waals surface area contributed by atoms with E-state index in [1.807, 2.05) is 42.5 Å². The third-order valence-electron chi connectivity index (χ3n) is 4.29. The van der Waals surface area contributed by atoms with Crippen LogP contribution in [-0.4, -0.2) is 20.9 Å². The molecule has 0 spiro atoms. The molecule has 1 amide bonds. The summed E-state index contributed by atoms with van der Waals surface area (Å²) in [6, 6.07) is 15.6. The summed E-state index contributed by atoms with van der Waals surface area (Å²) in [5, 5.41) is 2.12. The summed E-state index contributed by atoms with van der Waals surface area (Å²) in [4.78, 5) is 24.2. The predicted molar refractivity (Wildman–Crippen MR) is 107 cm³/mol. The Bertz CT molecular complexity index is 1210. The molecule has 1 aromatic heterocycles. The van der Waals surface area contributed by atoms with Crippen molar-refractivity contribution in [3.05, 3.63) is 102 Å². The van der Waals surface area contributed by atoms with Crippen LogP contribution in [0.15, 0.2) is 82.4 Å². The Morgan fingerprint density at radius 2 is 1.79 bits per heavy atom. The standard InChI is InChI=1S/C22H18N4O3/c23-22(27)21-17-12-19(17)29-20-13-18(26-20)16-8-4-3-7-15(16)6-2-1-5-11-28-14-24-9-10-25-21/h1-11,14H,12-13H2,(H2,23,27). The fourth-order valence-electron chi connectivity index (χ4n) is 2.83. The average molecular weight is 386 g/mol. The highest BCUT2D eigenvalue weighted by Gasteiger charge is 2.27. The normalized spacial score (nSPS) is 11.4. The molecule has 0 atom stereocenters. The summed E-state index contributed by atoms with van der Waals surface area (Å²) >= 11 is 0. The zero-order valence-corrected chi connectivity index (χ0v) is 15.5. The van der Waals surface area contributed by atoms with Crippen LogP contribution >= 0.6 is 0 Å². The number of hydrogen-bond donors (Lipinski definition) is 1. The molecule has 1 aliphatic carbocycles. The van der Waals surface area contributed by atoms with E-state index < -0.39 is 5.91 Å². The second-order valence-corrected chi connectivity index (χ2v) is 6.31. The van der Waals surface area contributed by atoms with Crippen molar-refractivity contribution in [1.29, 1.82) is 0 Å². The molecule has 2 aromatic rings. The smallest absolute Gasteiger partial charge is 0.267 e. The Balaban J connectivity index is 1.89. The van der Waals surface area contributed by atoms with Crippen LogP contribution in [0.25, 0.3) is 10.8 Å². The monoisotopic (exact) mass is 386 g/mol. The van der Waals surface area contributed by atoms with Crippen molar-refractivity contribution in [3.8, 4) is 0 Å². The van der Waals surface area contributed by atoms with Crippen molar-refractivity contribution in [2.75, 3.05) is 0 Å². The molecule has 0 radical (unpaired) electrons. The van der Waals surface area contributed by atoms with Gasteiger partial charge in [-0.05, 0) is 11.5 Å². The van der Waals surface area contributed by atoms with Crippen molar-refractivity contribution < 1.29 is 13.6 Å². The Morgan fingerprint density at radius 3 is 2.62 bits per heavy atom. The van der Waals surface area contributed by atoms with Crippen molar-refractivity contribution in [1.82, 2.24) is 15.0 Å². The molecule has 2 N–H and O–H groups in total. The first kappa shape index (κ1) is 18.4. The van der Waals surface area contributed by atoms with Gasteiger partial charge in [0.1, 0.15) is 11.5 Å². The molecular formula is C22H18N4O3. The number of rotatable bonds is 1. The maximum Gasteiger partial charge on any atom is 0.267 e. The minimum Gasteiger partial charge on any atom is -0.453 e. The minimum absolute atomic E-state index is 0.163. The molecule has 1 aromatic carbocycles. The Morgan fingerprint density at radius 1 is 1.00 bits per heavy atom. The zero-order valence-electron chi connectivity index (χ0n) is 15.5. The van der Waals surface area contributed by atoms with Crippen LogP contribution < -0.4 is 5.73 Å². The van der Waals surface area contributed by atoms with Gasteiger partial charge in [-0.15, -0.1) is 0 Å². The van der Waals surface area contributed by atoms with E-state index in [1.165, 1.54) is 25.1 Å². The Kier molecular flexibility index (Phi) is 5.29. The van der Waals surface area contributed by atoms with Crippen LogP contribution in [0.4, 0.5) is 0 Å². The lowest BCUT2D eigenvalue weighted by Crippen LogP contribution is -2.12. The number of hydrogen-bond acceptors (Lipinski definition) is 6. The molecule has 5 rings (SSSR count). The Labute approximate surface area is 166 Å². The van der Waals surface area contributed by atoms with Gasteiger partial charge in [-0.1, -0.05) is 42.5 Å². The lowest BCUT2D eigenvalue weighted by molar-refractivity contribution is 0.0995. The summed E-state index contributed by atoms with van der Waals surface area (Å²) in [6.07, 6.45) is 6.68. The Hall–Kier alpha value is -4.00. The maximum absolute atomic E-state index is 11.7. The van der Waals surface area contributed by atoms with Crippen molar-refractivity contribution in [2.24, 2.45) is 5.73 Å². The number of nitrogens with two attached hydrogens (primary N) is 1. The molecule has 2 aliphatic heterocycles. The number of carbonyl (C=O) groups excluding carboxylic acids is 1. The lowest BCUT2D eigenvalue weighted by atomic mass is 10.1. The van der Waals surface area contributed by atoms with E-state index in [1.54, 1.807) is 6.07 Å².